The number of nitrogens with two attached hydrogens (primary N) is 1. The maximum Gasteiger partial charge on any atom is 0.262 e. The van der Waals surface area contributed by atoms with E-state index in [2.05, 4.69) is 5.32 Å². The summed E-state index contributed by atoms with van der Waals surface area (Å²) in [6, 6.07) is 14.6. The van der Waals surface area contributed by atoms with Gasteiger partial charge in [0, 0.05) is 11.4 Å². The molecular weight excluding hydrogens is 240 g/mol. The molecule has 0 saturated heterocycles. The van der Waals surface area contributed by atoms with Crippen LogP contribution in [0.4, 0.5) is 11.4 Å². The molecule has 0 heterocycles. The highest BCUT2D eigenvalue weighted by Gasteiger charge is 2.05. The van der Waals surface area contributed by atoms with E-state index in [0.29, 0.717) is 11.4 Å². The van der Waals surface area contributed by atoms with Crippen LogP contribution in [0.2, 0.25) is 0 Å². The molecule has 0 aliphatic heterocycles. The van der Waals surface area contributed by atoms with Crippen LogP contribution in [0.5, 0.6) is 5.75 Å². The molecule has 0 bridgehead atoms. The lowest BCUT2D eigenvalue weighted by molar-refractivity contribution is -0.118. The van der Waals surface area contributed by atoms with Crippen LogP contribution in [-0.2, 0) is 4.79 Å². The van der Waals surface area contributed by atoms with E-state index in [1.807, 2.05) is 43.3 Å². The van der Waals surface area contributed by atoms with Gasteiger partial charge in [-0.3, -0.25) is 4.79 Å². The predicted octanol–water partition coefficient (Wildman–Crippen LogP) is 2.59. The number of nitrogens with one attached hydrogen (secondary N) is 1. The zero-order valence-electron chi connectivity index (χ0n) is 10.7. The normalized spacial score (nSPS) is 9.95. The number of hydrogen-bond donors (Lipinski definition) is 2. The van der Waals surface area contributed by atoms with E-state index >= 15 is 0 Å². The molecule has 0 radical (unpaired) electrons. The van der Waals surface area contributed by atoms with E-state index < -0.39 is 0 Å². The number of carbonyl (C=O) groups excluding carboxylic acids is 1. The second-order valence-electron chi connectivity index (χ2n) is 4.22. The zero-order valence-corrected chi connectivity index (χ0v) is 10.7. The van der Waals surface area contributed by atoms with Gasteiger partial charge in [0.1, 0.15) is 5.75 Å². The molecule has 3 N–H and O–H groups in total. The van der Waals surface area contributed by atoms with Gasteiger partial charge in [-0.25, -0.2) is 0 Å². The summed E-state index contributed by atoms with van der Waals surface area (Å²) in [5.74, 6) is 0.475. The molecule has 2 aromatic rings. The van der Waals surface area contributed by atoms with Crippen LogP contribution in [-0.4, -0.2) is 12.5 Å². The van der Waals surface area contributed by atoms with E-state index in [9.17, 15) is 4.79 Å². The van der Waals surface area contributed by atoms with Crippen molar-refractivity contribution < 1.29 is 9.53 Å². The average Bonchev–Trinajstić information content (AvgIpc) is 2.41. The molecule has 19 heavy (non-hydrogen) atoms. The monoisotopic (exact) mass is 256 g/mol. The molecular formula is C15H16N2O2. The molecule has 0 spiro atoms. The quantitative estimate of drug-likeness (QED) is 0.826. The van der Waals surface area contributed by atoms with E-state index in [4.69, 9.17) is 10.5 Å². The number of aryl methyl sites for hydroxylation is 1. The van der Waals surface area contributed by atoms with Gasteiger partial charge in [-0.2, -0.15) is 0 Å². The van der Waals surface area contributed by atoms with Gasteiger partial charge in [0.15, 0.2) is 6.61 Å². The number of nitrogen functional groups attached to an aromatic ring is 1. The lowest BCUT2D eigenvalue weighted by atomic mass is 10.2. The summed E-state index contributed by atoms with van der Waals surface area (Å²) >= 11 is 0. The van der Waals surface area contributed by atoms with Crippen molar-refractivity contribution in [1.29, 1.82) is 0 Å². The van der Waals surface area contributed by atoms with Gasteiger partial charge in [-0.15, -0.1) is 0 Å². The van der Waals surface area contributed by atoms with Crippen LogP contribution in [0.15, 0.2) is 48.5 Å². The van der Waals surface area contributed by atoms with Crippen LogP contribution in [0.3, 0.4) is 0 Å². The Bertz CT molecular complexity index is 568. The lowest BCUT2D eigenvalue weighted by Gasteiger charge is -2.10. The highest BCUT2D eigenvalue weighted by atomic mass is 16.5. The Morgan fingerprint density at radius 1 is 1.21 bits per heavy atom. The van der Waals surface area contributed by atoms with Crippen molar-refractivity contribution in [1.82, 2.24) is 0 Å². The van der Waals surface area contributed by atoms with Gasteiger partial charge in [-0.05, 0) is 42.8 Å². The Kier molecular flexibility index (Phi) is 4.03. The Morgan fingerprint density at radius 2 is 1.95 bits per heavy atom. The molecule has 0 saturated carbocycles. The molecule has 2 rings (SSSR count). The first-order valence-electron chi connectivity index (χ1n) is 5.99. The minimum atomic E-state index is -0.197. The molecule has 4 heteroatoms. The number of benzene rings is 2. The number of ether oxygens (including phenoxy) is 1. The number of amides is 1. The number of hydrogen-bond acceptors (Lipinski definition) is 3. The largest absolute Gasteiger partial charge is 0.484 e. The summed E-state index contributed by atoms with van der Waals surface area (Å²) in [4.78, 5) is 11.8. The number of para-hydroxylation sites is 1. The summed E-state index contributed by atoms with van der Waals surface area (Å²) in [6.07, 6.45) is 0. The van der Waals surface area contributed by atoms with E-state index in [-0.39, 0.29) is 12.5 Å². The first-order chi connectivity index (χ1) is 9.15. The van der Waals surface area contributed by atoms with Crippen LogP contribution < -0.4 is 15.8 Å². The second-order valence-corrected chi connectivity index (χ2v) is 4.22. The predicted molar refractivity (Wildman–Crippen MR) is 76.2 cm³/mol. The van der Waals surface area contributed by atoms with Gasteiger partial charge in [0.25, 0.3) is 5.91 Å². The Balaban J connectivity index is 1.91. The first kappa shape index (κ1) is 13.0. The average molecular weight is 256 g/mol. The van der Waals surface area contributed by atoms with Gasteiger partial charge in [0.2, 0.25) is 0 Å². The SMILES string of the molecule is Cc1cc(N)ccc1NC(=O)COc1ccccc1. The summed E-state index contributed by atoms with van der Waals surface area (Å²) in [5.41, 5.74) is 8.00. The summed E-state index contributed by atoms with van der Waals surface area (Å²) in [7, 11) is 0. The molecule has 0 fully saturated rings. The standard InChI is InChI=1S/C15H16N2O2/c1-11-9-12(16)7-8-14(11)17-15(18)10-19-13-5-3-2-4-6-13/h2-9H,10,16H2,1H3,(H,17,18). The van der Waals surface area contributed by atoms with Crippen LogP contribution in [0.25, 0.3) is 0 Å². The fraction of sp³-hybridized carbons (Fsp3) is 0.133. The second kappa shape index (κ2) is 5.91. The van der Waals surface area contributed by atoms with Gasteiger partial charge < -0.3 is 15.8 Å². The maximum atomic E-state index is 11.8. The van der Waals surface area contributed by atoms with Crippen molar-refractivity contribution in [2.24, 2.45) is 0 Å². The summed E-state index contributed by atoms with van der Waals surface area (Å²) < 4.78 is 5.37. The van der Waals surface area contributed by atoms with Crippen molar-refractivity contribution >= 4 is 17.3 Å². The Labute approximate surface area is 112 Å². The molecule has 0 atom stereocenters. The van der Waals surface area contributed by atoms with Crippen molar-refractivity contribution in [2.45, 2.75) is 6.92 Å². The Hall–Kier alpha value is -2.49. The molecule has 0 unspecified atom stereocenters. The fourth-order valence-electron chi connectivity index (χ4n) is 1.68. The van der Waals surface area contributed by atoms with E-state index in [1.54, 1.807) is 12.1 Å². The third kappa shape index (κ3) is 3.74. The summed E-state index contributed by atoms with van der Waals surface area (Å²) in [5, 5.41) is 2.79. The molecule has 98 valence electrons. The fourth-order valence-corrected chi connectivity index (χ4v) is 1.68. The van der Waals surface area contributed by atoms with Crippen molar-refractivity contribution in [3.8, 4) is 5.75 Å². The topological polar surface area (TPSA) is 64.3 Å². The van der Waals surface area contributed by atoms with Crippen LogP contribution in [0, 0.1) is 6.92 Å². The van der Waals surface area contributed by atoms with Crippen molar-refractivity contribution in [3.05, 3.63) is 54.1 Å². The maximum absolute atomic E-state index is 11.8. The van der Waals surface area contributed by atoms with Crippen molar-refractivity contribution in [2.75, 3.05) is 17.7 Å². The molecule has 0 aliphatic rings. The highest BCUT2D eigenvalue weighted by molar-refractivity contribution is 5.92. The van der Waals surface area contributed by atoms with E-state index in [0.717, 1.165) is 11.3 Å². The van der Waals surface area contributed by atoms with E-state index in [1.165, 1.54) is 0 Å². The molecule has 0 aliphatic carbocycles. The van der Waals surface area contributed by atoms with Crippen LogP contribution in [0.1, 0.15) is 5.56 Å². The van der Waals surface area contributed by atoms with Crippen molar-refractivity contribution in [3.63, 3.8) is 0 Å². The number of anilines is 2. The minimum Gasteiger partial charge on any atom is -0.484 e. The van der Waals surface area contributed by atoms with Gasteiger partial charge >= 0.3 is 0 Å². The van der Waals surface area contributed by atoms with Gasteiger partial charge in [-0.1, -0.05) is 18.2 Å². The lowest BCUT2D eigenvalue weighted by Crippen LogP contribution is -2.20. The molecule has 2 aromatic carbocycles. The third-order valence-corrected chi connectivity index (χ3v) is 2.64. The van der Waals surface area contributed by atoms with Gasteiger partial charge in [0.05, 0.1) is 0 Å². The number of carbonyl (C=O) groups is 1. The molecule has 4 nitrogen and oxygen atoms in total. The first-order valence-corrected chi connectivity index (χ1v) is 5.99. The Morgan fingerprint density at radius 3 is 2.63 bits per heavy atom. The smallest absolute Gasteiger partial charge is 0.262 e. The third-order valence-electron chi connectivity index (χ3n) is 2.64. The highest BCUT2D eigenvalue weighted by Crippen LogP contribution is 2.17. The molecule has 1 amide bonds. The zero-order chi connectivity index (χ0) is 13.7. The van der Waals surface area contributed by atoms with Crippen LogP contribution >= 0.6 is 0 Å². The summed E-state index contributed by atoms with van der Waals surface area (Å²) in [6.45, 7) is 1.87. The molecule has 0 aromatic heterocycles. The number of rotatable bonds is 4. The minimum absolute atomic E-state index is 0.0200.